The summed E-state index contributed by atoms with van der Waals surface area (Å²) in [6.07, 6.45) is 19.1. The van der Waals surface area contributed by atoms with Crippen LogP contribution in [0.25, 0.3) is 0 Å². The van der Waals surface area contributed by atoms with Crippen molar-refractivity contribution in [2.75, 3.05) is 0 Å². The Morgan fingerprint density at radius 2 is 1.95 bits per heavy atom. The summed E-state index contributed by atoms with van der Waals surface area (Å²) in [6, 6.07) is 0. The predicted octanol–water partition coefficient (Wildman–Crippen LogP) is 5.51. The van der Waals surface area contributed by atoms with Crippen molar-refractivity contribution in [3.05, 3.63) is 23.8 Å². The van der Waals surface area contributed by atoms with E-state index in [0.717, 1.165) is 17.8 Å². The highest BCUT2D eigenvalue weighted by atomic mass is 14.6. The van der Waals surface area contributed by atoms with Crippen molar-refractivity contribution in [3.63, 3.8) is 0 Å². The Morgan fingerprint density at radius 3 is 2.84 bits per heavy atom. The molecule has 0 aromatic rings. The second-order valence-electron chi connectivity index (χ2n) is 8.22. The Hall–Kier alpha value is -0.520. The quantitative estimate of drug-likeness (QED) is 0.536. The molecular formula is C19H28. The van der Waals surface area contributed by atoms with Crippen LogP contribution in [0, 0.1) is 28.6 Å². The van der Waals surface area contributed by atoms with Crippen LogP contribution < -0.4 is 0 Å². The molecule has 104 valence electrons. The van der Waals surface area contributed by atoms with E-state index in [2.05, 4.69) is 32.1 Å². The lowest BCUT2D eigenvalue weighted by atomic mass is 9.49. The van der Waals surface area contributed by atoms with Gasteiger partial charge in [0.05, 0.1) is 0 Å². The number of allylic oxidation sites excluding steroid dienone is 4. The molecule has 0 radical (unpaired) electrons. The van der Waals surface area contributed by atoms with Crippen LogP contribution in [0.5, 0.6) is 0 Å². The van der Waals surface area contributed by atoms with Gasteiger partial charge in [0.15, 0.2) is 0 Å². The van der Waals surface area contributed by atoms with Crippen LogP contribution in [-0.2, 0) is 0 Å². The monoisotopic (exact) mass is 256 g/mol. The van der Waals surface area contributed by atoms with Gasteiger partial charge < -0.3 is 0 Å². The van der Waals surface area contributed by atoms with E-state index in [4.69, 9.17) is 0 Å². The minimum Gasteiger partial charge on any atom is -0.0842 e. The summed E-state index contributed by atoms with van der Waals surface area (Å²) in [5, 5.41) is 0. The Labute approximate surface area is 118 Å². The van der Waals surface area contributed by atoms with Gasteiger partial charge in [0, 0.05) is 0 Å². The van der Waals surface area contributed by atoms with Gasteiger partial charge in [-0.1, -0.05) is 38.5 Å². The van der Waals surface area contributed by atoms with Crippen LogP contribution in [0.2, 0.25) is 0 Å². The average molecular weight is 256 g/mol. The van der Waals surface area contributed by atoms with Gasteiger partial charge >= 0.3 is 0 Å². The van der Waals surface area contributed by atoms with Gasteiger partial charge in [-0.3, -0.25) is 0 Å². The van der Waals surface area contributed by atoms with E-state index in [1.165, 1.54) is 51.4 Å². The Bertz CT molecular complexity index is 443. The summed E-state index contributed by atoms with van der Waals surface area (Å²) in [5.74, 6) is 3.02. The van der Waals surface area contributed by atoms with Crippen LogP contribution in [0.1, 0.15) is 65.2 Å². The van der Waals surface area contributed by atoms with Crippen molar-refractivity contribution in [1.82, 2.24) is 0 Å². The first-order valence-corrected chi connectivity index (χ1v) is 8.51. The Balaban J connectivity index is 1.73. The van der Waals surface area contributed by atoms with Crippen LogP contribution >= 0.6 is 0 Å². The maximum Gasteiger partial charge on any atom is -0.00445 e. The van der Waals surface area contributed by atoms with Crippen molar-refractivity contribution in [1.29, 1.82) is 0 Å². The van der Waals surface area contributed by atoms with Crippen molar-refractivity contribution in [2.24, 2.45) is 28.6 Å². The second kappa shape index (κ2) is 3.99. The van der Waals surface area contributed by atoms with Crippen LogP contribution in [0.15, 0.2) is 23.8 Å². The Morgan fingerprint density at radius 1 is 1.05 bits per heavy atom. The molecule has 2 fully saturated rings. The molecular weight excluding hydrogens is 228 g/mol. The highest BCUT2D eigenvalue weighted by molar-refractivity contribution is 5.33. The third-order valence-corrected chi connectivity index (χ3v) is 7.43. The lowest BCUT2D eigenvalue weighted by molar-refractivity contribution is -0.0179. The molecule has 19 heavy (non-hydrogen) atoms. The van der Waals surface area contributed by atoms with Crippen LogP contribution in [0.3, 0.4) is 0 Å². The lowest BCUT2D eigenvalue weighted by Gasteiger charge is -2.56. The minimum absolute atomic E-state index is 0.515. The molecule has 2 saturated carbocycles. The first kappa shape index (κ1) is 12.2. The fourth-order valence-electron chi connectivity index (χ4n) is 6.29. The van der Waals surface area contributed by atoms with Crippen molar-refractivity contribution in [3.8, 4) is 0 Å². The molecule has 0 amide bonds. The highest BCUT2D eigenvalue weighted by Gasteiger charge is 2.54. The van der Waals surface area contributed by atoms with Gasteiger partial charge in [0.2, 0.25) is 0 Å². The number of hydrogen-bond donors (Lipinski definition) is 0. The highest BCUT2D eigenvalue weighted by Crippen LogP contribution is 2.64. The molecule has 5 atom stereocenters. The van der Waals surface area contributed by atoms with Gasteiger partial charge in [-0.2, -0.15) is 0 Å². The van der Waals surface area contributed by atoms with E-state index in [9.17, 15) is 0 Å². The van der Waals surface area contributed by atoms with E-state index < -0.39 is 0 Å². The molecule has 4 rings (SSSR count). The maximum absolute atomic E-state index is 2.61. The molecule has 4 aliphatic carbocycles. The average Bonchev–Trinajstić information content (AvgIpc) is 2.79. The fraction of sp³-hybridized carbons (Fsp3) is 0.789. The van der Waals surface area contributed by atoms with Crippen LogP contribution in [0.4, 0.5) is 0 Å². The molecule has 0 heterocycles. The normalized spacial score (nSPS) is 52.1. The molecule has 0 spiro atoms. The summed E-state index contributed by atoms with van der Waals surface area (Å²) >= 11 is 0. The van der Waals surface area contributed by atoms with Gasteiger partial charge in [-0.05, 0) is 79.1 Å². The summed E-state index contributed by atoms with van der Waals surface area (Å²) in [7, 11) is 0. The van der Waals surface area contributed by atoms with E-state index in [0.29, 0.717) is 10.8 Å². The van der Waals surface area contributed by atoms with Gasteiger partial charge in [-0.25, -0.2) is 0 Å². The minimum atomic E-state index is 0.515. The fourth-order valence-corrected chi connectivity index (χ4v) is 6.29. The van der Waals surface area contributed by atoms with Gasteiger partial charge in [-0.15, -0.1) is 0 Å². The predicted molar refractivity (Wildman–Crippen MR) is 80.8 cm³/mol. The summed E-state index contributed by atoms with van der Waals surface area (Å²) in [6.45, 7) is 5.18. The lowest BCUT2D eigenvalue weighted by Crippen LogP contribution is -2.47. The molecule has 0 aliphatic heterocycles. The number of hydrogen-bond acceptors (Lipinski definition) is 0. The smallest absolute Gasteiger partial charge is 0.00445 e. The third kappa shape index (κ3) is 1.58. The molecule has 0 bridgehead atoms. The molecule has 4 aliphatic rings. The molecule has 0 saturated heterocycles. The van der Waals surface area contributed by atoms with E-state index in [1.54, 1.807) is 5.57 Å². The van der Waals surface area contributed by atoms with Gasteiger partial charge in [0.25, 0.3) is 0 Å². The topological polar surface area (TPSA) is 0 Å². The van der Waals surface area contributed by atoms with Crippen molar-refractivity contribution < 1.29 is 0 Å². The van der Waals surface area contributed by atoms with Gasteiger partial charge in [0.1, 0.15) is 0 Å². The maximum atomic E-state index is 2.61. The molecule has 0 aromatic carbocycles. The van der Waals surface area contributed by atoms with E-state index >= 15 is 0 Å². The van der Waals surface area contributed by atoms with E-state index in [-0.39, 0.29) is 0 Å². The van der Waals surface area contributed by atoms with E-state index in [1.807, 2.05) is 0 Å². The molecule has 0 aromatic heterocycles. The van der Waals surface area contributed by atoms with Crippen molar-refractivity contribution in [2.45, 2.75) is 65.2 Å². The zero-order valence-electron chi connectivity index (χ0n) is 12.6. The zero-order chi connectivity index (χ0) is 13.1. The first-order chi connectivity index (χ1) is 9.13. The summed E-state index contributed by atoms with van der Waals surface area (Å²) in [4.78, 5) is 0. The molecule has 0 nitrogen and oxygen atoms in total. The van der Waals surface area contributed by atoms with Crippen LogP contribution in [-0.4, -0.2) is 0 Å². The molecule has 0 N–H and O–H groups in total. The molecule has 0 unspecified atom stereocenters. The number of fused-ring (bicyclic) bond motifs is 5. The zero-order valence-corrected chi connectivity index (χ0v) is 12.6. The second-order valence-corrected chi connectivity index (χ2v) is 8.22. The first-order valence-electron chi connectivity index (χ1n) is 8.51. The Kier molecular flexibility index (Phi) is 2.57. The molecule has 0 heteroatoms. The summed E-state index contributed by atoms with van der Waals surface area (Å²) in [5.41, 5.74) is 2.90. The standard InChI is InChI=1S/C19H28/c1-18-11-5-7-16(18)15-9-8-14-6-3-4-12-19(14,2)17(15)10-13-18/h3,6,8,15-17H,4-5,7,9-13H2,1-2H3/t15-,16-,17-,18-,19+/m0/s1. The SMILES string of the molecule is C[C@@]12CCC[C@H]1[C@@H]1CC=C3C=CCC[C@@]3(C)[C@H]1CC2. The number of rotatable bonds is 0. The third-order valence-electron chi connectivity index (χ3n) is 7.43. The van der Waals surface area contributed by atoms with Crippen molar-refractivity contribution >= 4 is 0 Å². The summed E-state index contributed by atoms with van der Waals surface area (Å²) < 4.78 is 0. The largest absolute Gasteiger partial charge is 0.0842 e.